The van der Waals surface area contributed by atoms with Crippen molar-refractivity contribution in [2.24, 2.45) is 0 Å². The van der Waals surface area contributed by atoms with Gasteiger partial charge in [-0.25, -0.2) is 0 Å². The monoisotopic (exact) mass is 406 g/mol. The van der Waals surface area contributed by atoms with Gasteiger partial charge in [-0.15, -0.1) is 0 Å². The topological polar surface area (TPSA) is 84.5 Å². The number of furan rings is 1. The quantitative estimate of drug-likeness (QED) is 0.725. The fraction of sp³-hybridized carbons (Fsp3) is 0.333. The Kier molecular flexibility index (Phi) is 6.90. The third kappa shape index (κ3) is 5.54. The fourth-order valence-corrected chi connectivity index (χ4v) is 2.83. The van der Waals surface area contributed by atoms with Crippen LogP contribution in [0.1, 0.15) is 25.2 Å². The number of ether oxygens (including phenoxy) is 2. The average Bonchev–Trinajstić information content (AvgIpc) is 3.06. The first-order valence-electron chi connectivity index (χ1n) is 7.84. The zero-order chi connectivity index (χ0) is 18.2. The number of benzene rings is 1. The van der Waals surface area contributed by atoms with E-state index in [0.29, 0.717) is 34.6 Å². The number of halogens is 1. The Labute approximate surface area is 154 Å². The first-order valence-corrected chi connectivity index (χ1v) is 8.63. The first-order chi connectivity index (χ1) is 12.0. The molecule has 0 aliphatic heterocycles. The van der Waals surface area contributed by atoms with E-state index < -0.39 is 0 Å². The Balaban J connectivity index is 1.95. The van der Waals surface area contributed by atoms with Crippen LogP contribution >= 0.6 is 15.9 Å². The molecule has 2 rings (SSSR count). The van der Waals surface area contributed by atoms with Gasteiger partial charge in [0.2, 0.25) is 0 Å². The van der Waals surface area contributed by atoms with E-state index in [4.69, 9.17) is 19.2 Å². The third-order valence-corrected chi connectivity index (χ3v) is 3.87. The summed E-state index contributed by atoms with van der Waals surface area (Å²) in [6.45, 7) is 3.99. The Bertz CT molecular complexity index is 753. The lowest BCUT2D eigenvalue weighted by molar-refractivity contribution is -0.123. The van der Waals surface area contributed by atoms with E-state index in [9.17, 15) is 4.79 Å². The van der Waals surface area contributed by atoms with Gasteiger partial charge in [0, 0.05) is 18.5 Å². The minimum Gasteiger partial charge on any atom is -0.490 e. The molecule has 1 heterocycles. The Hall–Kier alpha value is -2.46. The molecule has 1 N–H and O–H groups in total. The maximum Gasteiger partial charge on any atom is 0.258 e. The highest BCUT2D eigenvalue weighted by Gasteiger charge is 2.15. The van der Waals surface area contributed by atoms with E-state index in [-0.39, 0.29) is 18.6 Å². The van der Waals surface area contributed by atoms with Crippen LogP contribution in [-0.2, 0) is 11.2 Å². The lowest BCUT2D eigenvalue weighted by atomic mass is 10.2. The normalized spacial score (nSPS) is 11.4. The van der Waals surface area contributed by atoms with Gasteiger partial charge in [-0.05, 0) is 48.0 Å². The lowest BCUT2D eigenvalue weighted by Crippen LogP contribution is -2.37. The molecule has 1 aromatic heterocycles. The predicted octanol–water partition coefficient (Wildman–Crippen LogP) is 3.44. The second-order valence-electron chi connectivity index (χ2n) is 5.37. The number of nitrogens with one attached hydrogen (secondary N) is 1. The molecule has 0 spiro atoms. The van der Waals surface area contributed by atoms with Gasteiger partial charge in [-0.3, -0.25) is 4.79 Å². The van der Waals surface area contributed by atoms with Gasteiger partial charge in [-0.2, -0.15) is 5.26 Å². The molecule has 0 fully saturated rings. The molecule has 0 aliphatic rings. The summed E-state index contributed by atoms with van der Waals surface area (Å²) in [5.41, 5.74) is 0.444. The van der Waals surface area contributed by atoms with Gasteiger partial charge in [0.25, 0.3) is 5.91 Å². The van der Waals surface area contributed by atoms with Crippen LogP contribution < -0.4 is 14.8 Å². The second-order valence-corrected chi connectivity index (χ2v) is 6.23. The Morgan fingerprint density at radius 3 is 2.88 bits per heavy atom. The van der Waals surface area contributed by atoms with Crippen LogP contribution in [0.5, 0.6) is 11.5 Å². The number of nitriles is 1. The van der Waals surface area contributed by atoms with E-state index in [1.165, 1.54) is 0 Å². The van der Waals surface area contributed by atoms with E-state index in [1.807, 2.05) is 26.0 Å². The zero-order valence-corrected chi connectivity index (χ0v) is 15.6. The van der Waals surface area contributed by atoms with Gasteiger partial charge in [0.15, 0.2) is 18.1 Å². The van der Waals surface area contributed by atoms with E-state index in [0.717, 1.165) is 5.76 Å². The van der Waals surface area contributed by atoms with Gasteiger partial charge >= 0.3 is 0 Å². The van der Waals surface area contributed by atoms with Crippen LogP contribution in [-0.4, -0.2) is 25.2 Å². The fourth-order valence-electron chi connectivity index (χ4n) is 2.27. The summed E-state index contributed by atoms with van der Waals surface area (Å²) in [7, 11) is 0. The summed E-state index contributed by atoms with van der Waals surface area (Å²) >= 11 is 3.35. The number of rotatable bonds is 8. The Morgan fingerprint density at radius 2 is 2.24 bits per heavy atom. The van der Waals surface area contributed by atoms with Crippen molar-refractivity contribution >= 4 is 21.8 Å². The van der Waals surface area contributed by atoms with Crippen LogP contribution in [0.3, 0.4) is 0 Å². The molecule has 1 unspecified atom stereocenters. The van der Waals surface area contributed by atoms with Crippen molar-refractivity contribution in [3.63, 3.8) is 0 Å². The standard InChI is InChI=1S/C18H19BrN2O4/c1-3-23-16-9-13(10-20)8-15(19)18(16)25-11-17(22)21-12(2)7-14-5-4-6-24-14/h4-6,8-9,12H,3,7,11H2,1-2H3,(H,21,22). The zero-order valence-electron chi connectivity index (χ0n) is 14.0. The molecule has 6 nitrogen and oxygen atoms in total. The highest BCUT2D eigenvalue weighted by Crippen LogP contribution is 2.36. The molecule has 1 atom stereocenters. The predicted molar refractivity (Wildman–Crippen MR) is 95.5 cm³/mol. The largest absolute Gasteiger partial charge is 0.490 e. The number of hydrogen-bond donors (Lipinski definition) is 1. The third-order valence-electron chi connectivity index (χ3n) is 3.28. The number of nitrogens with zero attached hydrogens (tertiary/aromatic N) is 1. The number of carbonyl (C=O) groups excluding carboxylic acids is 1. The van der Waals surface area contributed by atoms with Crippen molar-refractivity contribution in [3.8, 4) is 17.6 Å². The van der Waals surface area contributed by atoms with Crippen molar-refractivity contribution in [3.05, 3.63) is 46.3 Å². The molecule has 7 heteroatoms. The summed E-state index contributed by atoms with van der Waals surface area (Å²) in [6, 6.07) is 8.84. The minimum atomic E-state index is -0.252. The molecule has 25 heavy (non-hydrogen) atoms. The number of carbonyl (C=O) groups is 1. The minimum absolute atomic E-state index is 0.0852. The molecule has 0 aliphatic carbocycles. The average molecular weight is 407 g/mol. The highest BCUT2D eigenvalue weighted by molar-refractivity contribution is 9.10. The molecule has 2 aromatic rings. The molecule has 0 saturated heterocycles. The summed E-state index contributed by atoms with van der Waals surface area (Å²) in [6.07, 6.45) is 2.20. The maximum atomic E-state index is 12.1. The molecular formula is C18H19BrN2O4. The molecule has 132 valence electrons. The summed E-state index contributed by atoms with van der Waals surface area (Å²) in [4.78, 5) is 12.1. The summed E-state index contributed by atoms with van der Waals surface area (Å²) in [5.74, 6) is 1.37. The molecule has 0 saturated carbocycles. The van der Waals surface area contributed by atoms with E-state index >= 15 is 0 Å². The smallest absolute Gasteiger partial charge is 0.258 e. The van der Waals surface area contributed by atoms with Crippen LogP contribution in [0.4, 0.5) is 0 Å². The highest BCUT2D eigenvalue weighted by atomic mass is 79.9. The summed E-state index contributed by atoms with van der Waals surface area (Å²) < 4.78 is 16.9. The van der Waals surface area contributed by atoms with Crippen molar-refractivity contribution in [1.82, 2.24) is 5.32 Å². The number of amides is 1. The van der Waals surface area contributed by atoms with Crippen LogP contribution in [0.2, 0.25) is 0 Å². The van der Waals surface area contributed by atoms with Crippen molar-refractivity contribution in [1.29, 1.82) is 5.26 Å². The van der Waals surface area contributed by atoms with Gasteiger partial charge in [0.05, 0.1) is 29.0 Å². The molecule has 0 radical (unpaired) electrons. The second kappa shape index (κ2) is 9.14. The van der Waals surface area contributed by atoms with Crippen molar-refractivity contribution in [2.45, 2.75) is 26.3 Å². The first kappa shape index (κ1) is 18.9. The molecule has 0 bridgehead atoms. The SMILES string of the molecule is CCOc1cc(C#N)cc(Br)c1OCC(=O)NC(C)Cc1ccco1. The van der Waals surface area contributed by atoms with Gasteiger partial charge in [-0.1, -0.05) is 0 Å². The Morgan fingerprint density at radius 1 is 1.44 bits per heavy atom. The van der Waals surface area contributed by atoms with Crippen LogP contribution in [0.25, 0.3) is 0 Å². The molecular weight excluding hydrogens is 388 g/mol. The lowest BCUT2D eigenvalue weighted by Gasteiger charge is -2.16. The van der Waals surface area contributed by atoms with Crippen molar-refractivity contribution < 1.29 is 18.7 Å². The van der Waals surface area contributed by atoms with Gasteiger partial charge < -0.3 is 19.2 Å². The number of hydrogen-bond acceptors (Lipinski definition) is 5. The maximum absolute atomic E-state index is 12.1. The van der Waals surface area contributed by atoms with E-state index in [2.05, 4.69) is 27.3 Å². The molecule has 1 aromatic carbocycles. The van der Waals surface area contributed by atoms with Crippen molar-refractivity contribution in [2.75, 3.05) is 13.2 Å². The van der Waals surface area contributed by atoms with Crippen LogP contribution in [0, 0.1) is 11.3 Å². The van der Waals surface area contributed by atoms with Crippen LogP contribution in [0.15, 0.2) is 39.4 Å². The van der Waals surface area contributed by atoms with E-state index in [1.54, 1.807) is 18.4 Å². The van der Waals surface area contributed by atoms with Gasteiger partial charge in [0.1, 0.15) is 5.76 Å². The molecule has 1 amide bonds. The summed E-state index contributed by atoms with van der Waals surface area (Å²) in [5, 5.41) is 11.9.